The molecule has 0 aromatic heterocycles. The first-order valence-electron chi connectivity index (χ1n) is 8.52. The van der Waals surface area contributed by atoms with Crippen molar-refractivity contribution < 1.29 is 9.59 Å². The largest absolute Gasteiger partial charge is 0.352 e. The van der Waals surface area contributed by atoms with Gasteiger partial charge in [-0.2, -0.15) is 0 Å². The Bertz CT molecular complexity index is 649. The summed E-state index contributed by atoms with van der Waals surface area (Å²) in [6.45, 7) is 2.99. The van der Waals surface area contributed by atoms with E-state index in [4.69, 9.17) is 0 Å². The highest BCUT2D eigenvalue weighted by Gasteiger charge is 2.23. The Kier molecular flexibility index (Phi) is 4.79. The third kappa shape index (κ3) is 3.63. The Hall–Kier alpha value is -2.10. The molecule has 0 spiro atoms. The lowest BCUT2D eigenvalue weighted by atomic mass is 9.97. The number of rotatable bonds is 4. The maximum Gasteiger partial charge on any atom is 0.251 e. The number of allylic oxidation sites excluding steroid dienone is 1. The van der Waals surface area contributed by atoms with Crippen molar-refractivity contribution >= 4 is 17.5 Å². The number of hydrogen-bond donors (Lipinski definition) is 1. The standard InChI is InChI=1S/C19H24N2O2/c1-14(22)21-12-10-16-13-17(7-8-18(16)21)19(23)20-11-9-15-5-3-2-4-6-15/h5,7-8,13H,2-4,6,9-12H2,1H3,(H,20,23). The summed E-state index contributed by atoms with van der Waals surface area (Å²) in [5, 5.41) is 3.01. The van der Waals surface area contributed by atoms with Crippen LogP contribution >= 0.6 is 0 Å². The highest BCUT2D eigenvalue weighted by atomic mass is 16.2. The first kappa shape index (κ1) is 15.8. The van der Waals surface area contributed by atoms with E-state index in [-0.39, 0.29) is 11.8 Å². The molecule has 3 rings (SSSR count). The summed E-state index contributed by atoms with van der Waals surface area (Å²) in [7, 11) is 0. The molecule has 23 heavy (non-hydrogen) atoms. The SMILES string of the molecule is CC(=O)N1CCc2cc(C(=O)NCCC3=CCCCC3)ccc21. The van der Waals surface area contributed by atoms with Crippen LogP contribution in [0.4, 0.5) is 5.69 Å². The molecule has 0 saturated carbocycles. The van der Waals surface area contributed by atoms with E-state index < -0.39 is 0 Å². The van der Waals surface area contributed by atoms with Gasteiger partial charge in [0, 0.05) is 31.3 Å². The van der Waals surface area contributed by atoms with Crippen LogP contribution in [0.5, 0.6) is 0 Å². The summed E-state index contributed by atoms with van der Waals surface area (Å²) in [5.41, 5.74) is 4.19. The van der Waals surface area contributed by atoms with Crippen LogP contribution in [0.15, 0.2) is 29.8 Å². The summed E-state index contributed by atoms with van der Waals surface area (Å²) in [6, 6.07) is 5.63. The minimum absolute atomic E-state index is 0.0227. The van der Waals surface area contributed by atoms with Crippen molar-refractivity contribution in [2.75, 3.05) is 18.0 Å². The molecule has 1 N–H and O–H groups in total. The number of carbonyl (C=O) groups excluding carboxylic acids is 2. The van der Waals surface area contributed by atoms with E-state index in [0.29, 0.717) is 18.7 Å². The molecule has 0 radical (unpaired) electrons. The van der Waals surface area contributed by atoms with Gasteiger partial charge >= 0.3 is 0 Å². The van der Waals surface area contributed by atoms with Crippen LogP contribution in [0.3, 0.4) is 0 Å². The van der Waals surface area contributed by atoms with Crippen molar-refractivity contribution in [1.29, 1.82) is 0 Å². The van der Waals surface area contributed by atoms with Crippen LogP contribution in [0.2, 0.25) is 0 Å². The molecule has 1 aliphatic heterocycles. The number of amides is 2. The number of carbonyl (C=O) groups is 2. The lowest BCUT2D eigenvalue weighted by Crippen LogP contribution is -2.26. The van der Waals surface area contributed by atoms with Crippen LogP contribution in [-0.2, 0) is 11.2 Å². The average Bonchev–Trinajstić information content (AvgIpc) is 2.99. The Morgan fingerprint density at radius 2 is 2.09 bits per heavy atom. The topological polar surface area (TPSA) is 49.4 Å². The van der Waals surface area contributed by atoms with E-state index in [1.807, 2.05) is 18.2 Å². The van der Waals surface area contributed by atoms with Gasteiger partial charge in [0.25, 0.3) is 5.91 Å². The Morgan fingerprint density at radius 3 is 2.83 bits per heavy atom. The molecule has 0 unspecified atom stereocenters. The molecule has 1 aromatic carbocycles. The van der Waals surface area contributed by atoms with Crippen molar-refractivity contribution in [1.82, 2.24) is 5.32 Å². The molecule has 2 amide bonds. The minimum atomic E-state index is -0.0227. The van der Waals surface area contributed by atoms with Gasteiger partial charge in [0.2, 0.25) is 5.91 Å². The minimum Gasteiger partial charge on any atom is -0.352 e. The maximum atomic E-state index is 12.3. The molecule has 0 fully saturated rings. The smallest absolute Gasteiger partial charge is 0.251 e. The summed E-state index contributed by atoms with van der Waals surface area (Å²) < 4.78 is 0. The molecule has 122 valence electrons. The van der Waals surface area contributed by atoms with E-state index in [1.165, 1.54) is 31.3 Å². The highest BCUT2D eigenvalue weighted by Crippen LogP contribution is 2.28. The van der Waals surface area contributed by atoms with Gasteiger partial charge in [-0.05, 0) is 62.3 Å². The molecule has 4 heteroatoms. The summed E-state index contributed by atoms with van der Waals surface area (Å²) in [5.74, 6) is 0.0344. The number of anilines is 1. The van der Waals surface area contributed by atoms with Gasteiger partial charge in [0.05, 0.1) is 0 Å². The van der Waals surface area contributed by atoms with Crippen molar-refractivity contribution in [2.24, 2.45) is 0 Å². The van der Waals surface area contributed by atoms with E-state index in [2.05, 4.69) is 11.4 Å². The normalized spacial score (nSPS) is 16.7. The lowest BCUT2D eigenvalue weighted by molar-refractivity contribution is -0.116. The van der Waals surface area contributed by atoms with Gasteiger partial charge in [-0.15, -0.1) is 0 Å². The second-order valence-corrected chi connectivity index (χ2v) is 6.38. The fourth-order valence-corrected chi connectivity index (χ4v) is 3.44. The molecule has 0 saturated heterocycles. The zero-order valence-corrected chi connectivity index (χ0v) is 13.7. The molecule has 2 aliphatic rings. The zero-order valence-electron chi connectivity index (χ0n) is 13.7. The van der Waals surface area contributed by atoms with E-state index in [0.717, 1.165) is 24.1 Å². The summed E-state index contributed by atoms with van der Waals surface area (Å²) in [6.07, 6.45) is 9.02. The van der Waals surface area contributed by atoms with Crippen LogP contribution < -0.4 is 10.2 Å². The number of nitrogens with one attached hydrogen (secondary N) is 1. The van der Waals surface area contributed by atoms with Crippen LogP contribution in [0, 0.1) is 0 Å². The fraction of sp³-hybridized carbons (Fsp3) is 0.474. The first-order chi connectivity index (χ1) is 11.1. The lowest BCUT2D eigenvalue weighted by Gasteiger charge is -2.15. The van der Waals surface area contributed by atoms with Gasteiger partial charge in [0.1, 0.15) is 0 Å². The van der Waals surface area contributed by atoms with Gasteiger partial charge < -0.3 is 10.2 Å². The summed E-state index contributed by atoms with van der Waals surface area (Å²) in [4.78, 5) is 25.6. The first-order valence-corrected chi connectivity index (χ1v) is 8.52. The van der Waals surface area contributed by atoms with E-state index in [1.54, 1.807) is 11.8 Å². The quantitative estimate of drug-likeness (QED) is 0.868. The van der Waals surface area contributed by atoms with Gasteiger partial charge in [-0.25, -0.2) is 0 Å². The Labute approximate surface area is 137 Å². The van der Waals surface area contributed by atoms with Crippen LogP contribution in [0.25, 0.3) is 0 Å². The molecule has 0 atom stereocenters. The van der Waals surface area contributed by atoms with Gasteiger partial charge in [-0.1, -0.05) is 11.6 Å². The average molecular weight is 312 g/mol. The molecule has 1 aromatic rings. The van der Waals surface area contributed by atoms with Gasteiger partial charge in [-0.3, -0.25) is 9.59 Å². The van der Waals surface area contributed by atoms with Crippen molar-refractivity contribution in [3.05, 3.63) is 41.0 Å². The predicted octanol–water partition coefficient (Wildman–Crippen LogP) is 3.22. The molecule has 4 nitrogen and oxygen atoms in total. The third-order valence-electron chi connectivity index (χ3n) is 4.73. The molecular formula is C19H24N2O2. The van der Waals surface area contributed by atoms with E-state index in [9.17, 15) is 9.59 Å². The van der Waals surface area contributed by atoms with Gasteiger partial charge in [0.15, 0.2) is 0 Å². The van der Waals surface area contributed by atoms with Crippen LogP contribution in [0.1, 0.15) is 54.9 Å². The fourth-order valence-electron chi connectivity index (χ4n) is 3.44. The molecule has 1 aliphatic carbocycles. The van der Waals surface area contributed by atoms with Crippen molar-refractivity contribution in [3.63, 3.8) is 0 Å². The summed E-state index contributed by atoms with van der Waals surface area (Å²) >= 11 is 0. The number of fused-ring (bicyclic) bond motifs is 1. The highest BCUT2D eigenvalue weighted by molar-refractivity contribution is 5.97. The predicted molar refractivity (Wildman–Crippen MR) is 91.7 cm³/mol. The molecule has 0 bridgehead atoms. The monoisotopic (exact) mass is 312 g/mol. The number of nitrogens with zero attached hydrogens (tertiary/aromatic N) is 1. The molecule has 1 heterocycles. The zero-order chi connectivity index (χ0) is 16.2. The van der Waals surface area contributed by atoms with Crippen LogP contribution in [-0.4, -0.2) is 24.9 Å². The second-order valence-electron chi connectivity index (χ2n) is 6.38. The third-order valence-corrected chi connectivity index (χ3v) is 4.73. The molecular weight excluding hydrogens is 288 g/mol. The number of benzene rings is 1. The van der Waals surface area contributed by atoms with Crippen molar-refractivity contribution in [2.45, 2.75) is 45.4 Å². The Morgan fingerprint density at radius 1 is 1.22 bits per heavy atom. The number of hydrogen-bond acceptors (Lipinski definition) is 2. The second kappa shape index (κ2) is 6.99. The Balaban J connectivity index is 1.58. The maximum absolute atomic E-state index is 12.3. The van der Waals surface area contributed by atoms with E-state index >= 15 is 0 Å². The van der Waals surface area contributed by atoms with Crippen molar-refractivity contribution in [3.8, 4) is 0 Å².